The van der Waals surface area contributed by atoms with Gasteiger partial charge < -0.3 is 15.2 Å². The van der Waals surface area contributed by atoms with Crippen LogP contribution in [0.15, 0.2) is 6.20 Å². The van der Waals surface area contributed by atoms with E-state index >= 15 is 0 Å². The van der Waals surface area contributed by atoms with Crippen molar-refractivity contribution in [2.75, 3.05) is 19.8 Å². The number of ether oxygens (including phenoxy) is 1. The normalized spacial score (nSPS) is 11.8. The number of aryl methyl sites for hydroxylation is 1. The van der Waals surface area contributed by atoms with Crippen molar-refractivity contribution in [1.29, 1.82) is 0 Å². The summed E-state index contributed by atoms with van der Waals surface area (Å²) in [6.07, 6.45) is -3.11. The second-order valence-electron chi connectivity index (χ2n) is 3.78. The molecule has 0 fully saturated rings. The Balaban J connectivity index is 2.30. The van der Waals surface area contributed by atoms with Crippen LogP contribution in [0.4, 0.5) is 13.2 Å². The van der Waals surface area contributed by atoms with Crippen LogP contribution in [0.25, 0.3) is 0 Å². The van der Waals surface area contributed by atoms with E-state index in [4.69, 9.17) is 5.11 Å². The van der Waals surface area contributed by atoms with Crippen molar-refractivity contribution in [3.05, 3.63) is 17.5 Å². The number of halogens is 3. The summed E-state index contributed by atoms with van der Waals surface area (Å²) >= 11 is 0. The number of hydrogen-bond donors (Lipinski definition) is 2. The molecule has 1 rings (SSSR count). The number of alkyl halides is 3. The molecule has 0 amide bonds. The van der Waals surface area contributed by atoms with Gasteiger partial charge in [-0.2, -0.15) is 18.3 Å². The van der Waals surface area contributed by atoms with Gasteiger partial charge in [0, 0.05) is 20.1 Å². The van der Waals surface area contributed by atoms with Crippen LogP contribution in [0, 0.1) is 0 Å². The number of aromatic nitrogens is 2. The number of carbonyl (C=O) groups is 1. The van der Waals surface area contributed by atoms with Gasteiger partial charge >= 0.3 is 12.1 Å². The van der Waals surface area contributed by atoms with Crippen molar-refractivity contribution in [1.82, 2.24) is 15.1 Å². The molecular formula is C10H14F3N3O3. The SMILES string of the molecule is Cn1ncc(C(=O)O)c1CNCCOCC(F)(F)F. The van der Waals surface area contributed by atoms with Gasteiger partial charge in [-0.1, -0.05) is 0 Å². The van der Waals surface area contributed by atoms with E-state index in [1.54, 1.807) is 7.05 Å². The number of carboxylic acids is 1. The molecule has 0 saturated carbocycles. The van der Waals surface area contributed by atoms with Crippen LogP contribution >= 0.6 is 0 Å². The summed E-state index contributed by atoms with van der Waals surface area (Å²) in [7, 11) is 1.59. The van der Waals surface area contributed by atoms with Crippen LogP contribution in [0.3, 0.4) is 0 Å². The molecule has 1 heterocycles. The van der Waals surface area contributed by atoms with Gasteiger partial charge in [0.2, 0.25) is 0 Å². The monoisotopic (exact) mass is 281 g/mol. The summed E-state index contributed by atoms with van der Waals surface area (Å²) in [6, 6.07) is 0. The van der Waals surface area contributed by atoms with Gasteiger partial charge in [-0.3, -0.25) is 4.68 Å². The third-order valence-electron chi connectivity index (χ3n) is 2.27. The van der Waals surface area contributed by atoms with E-state index in [0.717, 1.165) is 0 Å². The zero-order valence-electron chi connectivity index (χ0n) is 10.2. The lowest BCUT2D eigenvalue weighted by Crippen LogP contribution is -2.25. The minimum atomic E-state index is -4.33. The van der Waals surface area contributed by atoms with Crippen LogP contribution in [0.5, 0.6) is 0 Å². The van der Waals surface area contributed by atoms with Crippen molar-refractivity contribution in [2.24, 2.45) is 7.05 Å². The van der Waals surface area contributed by atoms with Crippen molar-refractivity contribution in [3.63, 3.8) is 0 Å². The highest BCUT2D eigenvalue weighted by Gasteiger charge is 2.27. The Kier molecular flexibility index (Phi) is 5.31. The quantitative estimate of drug-likeness (QED) is 0.723. The largest absolute Gasteiger partial charge is 0.478 e. The predicted molar refractivity (Wildman–Crippen MR) is 58.7 cm³/mol. The number of nitrogens with zero attached hydrogens (tertiary/aromatic N) is 2. The summed E-state index contributed by atoms with van der Waals surface area (Å²) < 4.78 is 41.1. The van der Waals surface area contributed by atoms with Crippen LogP contribution in [-0.2, 0) is 18.3 Å². The highest BCUT2D eigenvalue weighted by molar-refractivity contribution is 5.88. The van der Waals surface area contributed by atoms with E-state index in [1.807, 2.05) is 0 Å². The van der Waals surface area contributed by atoms with Gasteiger partial charge in [0.25, 0.3) is 0 Å². The molecule has 6 nitrogen and oxygen atoms in total. The summed E-state index contributed by atoms with van der Waals surface area (Å²) in [6.45, 7) is -1.03. The van der Waals surface area contributed by atoms with Crippen LogP contribution in [0.2, 0.25) is 0 Å². The average Bonchev–Trinajstić information content (AvgIpc) is 2.64. The summed E-state index contributed by atoms with van der Waals surface area (Å²) in [5, 5.41) is 15.5. The Morgan fingerprint density at radius 3 is 2.84 bits per heavy atom. The number of rotatable bonds is 7. The Morgan fingerprint density at radius 1 is 1.58 bits per heavy atom. The fourth-order valence-electron chi connectivity index (χ4n) is 1.39. The molecule has 0 saturated heterocycles. The number of carboxylic acid groups (broad SMARTS) is 1. The minimum absolute atomic E-state index is 0.0613. The predicted octanol–water partition coefficient (Wildman–Crippen LogP) is 0.787. The molecule has 0 bridgehead atoms. The van der Waals surface area contributed by atoms with Gasteiger partial charge in [0.15, 0.2) is 0 Å². The smallest absolute Gasteiger partial charge is 0.411 e. The molecule has 0 radical (unpaired) electrons. The average molecular weight is 281 g/mol. The standard InChI is InChI=1S/C10H14F3N3O3/c1-16-8(7(4-15-16)9(17)18)5-14-2-3-19-6-10(11,12)13/h4,14H,2-3,5-6H2,1H3,(H,17,18). The molecule has 19 heavy (non-hydrogen) atoms. The maximum atomic E-state index is 11.8. The van der Waals surface area contributed by atoms with E-state index in [2.05, 4.69) is 15.2 Å². The number of nitrogens with one attached hydrogen (secondary N) is 1. The fourth-order valence-corrected chi connectivity index (χ4v) is 1.39. The molecule has 0 spiro atoms. The van der Waals surface area contributed by atoms with E-state index in [1.165, 1.54) is 10.9 Å². The van der Waals surface area contributed by atoms with Crippen molar-refractivity contribution in [2.45, 2.75) is 12.7 Å². The fraction of sp³-hybridized carbons (Fsp3) is 0.600. The third kappa shape index (κ3) is 5.26. The van der Waals surface area contributed by atoms with Gasteiger partial charge in [-0.05, 0) is 0 Å². The highest BCUT2D eigenvalue weighted by atomic mass is 19.4. The molecule has 108 valence electrons. The zero-order valence-corrected chi connectivity index (χ0v) is 10.2. The molecule has 0 aliphatic rings. The van der Waals surface area contributed by atoms with E-state index in [9.17, 15) is 18.0 Å². The number of hydrogen-bond acceptors (Lipinski definition) is 4. The van der Waals surface area contributed by atoms with E-state index in [0.29, 0.717) is 5.69 Å². The minimum Gasteiger partial charge on any atom is -0.478 e. The Morgan fingerprint density at radius 2 is 2.26 bits per heavy atom. The molecule has 0 unspecified atom stereocenters. The first-order valence-corrected chi connectivity index (χ1v) is 5.40. The first-order chi connectivity index (χ1) is 8.81. The molecule has 9 heteroatoms. The lowest BCUT2D eigenvalue weighted by Gasteiger charge is -2.09. The summed E-state index contributed by atoms with van der Waals surface area (Å²) in [5.74, 6) is -1.10. The summed E-state index contributed by atoms with van der Waals surface area (Å²) in [4.78, 5) is 10.8. The van der Waals surface area contributed by atoms with Gasteiger partial charge in [-0.15, -0.1) is 0 Å². The topological polar surface area (TPSA) is 76.4 Å². The van der Waals surface area contributed by atoms with Gasteiger partial charge in [0.05, 0.1) is 18.5 Å². The van der Waals surface area contributed by atoms with E-state index < -0.39 is 18.8 Å². The molecule has 0 atom stereocenters. The van der Waals surface area contributed by atoms with E-state index in [-0.39, 0.29) is 25.3 Å². The molecule has 0 aliphatic heterocycles. The zero-order chi connectivity index (χ0) is 14.5. The van der Waals surface area contributed by atoms with Crippen LogP contribution in [0.1, 0.15) is 16.1 Å². The van der Waals surface area contributed by atoms with Crippen molar-refractivity contribution < 1.29 is 27.8 Å². The third-order valence-corrected chi connectivity index (χ3v) is 2.27. The van der Waals surface area contributed by atoms with Crippen LogP contribution < -0.4 is 5.32 Å². The summed E-state index contributed by atoms with van der Waals surface area (Å²) in [5.41, 5.74) is 0.509. The van der Waals surface area contributed by atoms with Crippen molar-refractivity contribution in [3.8, 4) is 0 Å². The van der Waals surface area contributed by atoms with Gasteiger partial charge in [0.1, 0.15) is 12.2 Å². The lowest BCUT2D eigenvalue weighted by molar-refractivity contribution is -0.173. The molecule has 1 aromatic rings. The maximum absolute atomic E-state index is 11.8. The Labute approximate surface area is 107 Å². The second kappa shape index (κ2) is 6.53. The molecule has 0 aromatic carbocycles. The Hall–Kier alpha value is -1.61. The second-order valence-corrected chi connectivity index (χ2v) is 3.78. The Bertz CT molecular complexity index is 431. The lowest BCUT2D eigenvalue weighted by atomic mass is 10.2. The van der Waals surface area contributed by atoms with Crippen LogP contribution in [-0.4, -0.2) is 46.8 Å². The number of aromatic carboxylic acids is 1. The highest BCUT2D eigenvalue weighted by Crippen LogP contribution is 2.14. The van der Waals surface area contributed by atoms with Gasteiger partial charge in [-0.25, -0.2) is 4.79 Å². The first-order valence-electron chi connectivity index (χ1n) is 5.40. The first kappa shape index (κ1) is 15.4. The molecular weight excluding hydrogens is 267 g/mol. The molecule has 2 N–H and O–H groups in total. The molecule has 1 aromatic heterocycles. The van der Waals surface area contributed by atoms with Crippen molar-refractivity contribution >= 4 is 5.97 Å². The molecule has 0 aliphatic carbocycles. The maximum Gasteiger partial charge on any atom is 0.411 e.